The van der Waals surface area contributed by atoms with Crippen molar-refractivity contribution in [1.82, 2.24) is 5.32 Å². The van der Waals surface area contributed by atoms with Crippen LogP contribution in [-0.4, -0.2) is 274 Å². The van der Waals surface area contributed by atoms with Crippen LogP contribution in [-0.2, 0) is 47.4 Å². The lowest BCUT2D eigenvalue weighted by Gasteiger charge is -2.50. The number of aliphatic hydroxyl groups excluding tert-OH is 16. The van der Waals surface area contributed by atoms with E-state index in [1.165, 1.54) is 0 Å². The van der Waals surface area contributed by atoms with E-state index < -0.39 is 192 Å². The summed E-state index contributed by atoms with van der Waals surface area (Å²) in [6, 6.07) is -1.52. The molecule has 27 nitrogen and oxygen atoms in total. The second-order valence-electron chi connectivity index (χ2n) is 14.7. The molecule has 0 bridgehead atoms. The number of carbonyl (C=O) groups excluding carboxylic acids is 1. The summed E-state index contributed by atoms with van der Waals surface area (Å²) in [6.07, 6.45) is -45.7. The number of nitrogens with one attached hydrogen (secondary N) is 1. The molecule has 25 atom stereocenters. The molecule has 17 N–H and O–H groups in total. The first-order valence-corrected chi connectivity index (χ1v) is 18.6. The number of carbonyl (C=O) groups is 1. The summed E-state index contributed by atoms with van der Waals surface area (Å²) in [5.41, 5.74) is 0. The molecule has 0 aromatic rings. The monoisotopic (exact) mass is 869 g/mol. The molecule has 5 saturated heterocycles. The summed E-state index contributed by atoms with van der Waals surface area (Å²) in [5.74, 6) is -0.704. The Balaban J connectivity index is 1.42. The molecule has 5 aliphatic rings. The van der Waals surface area contributed by atoms with E-state index in [1.54, 1.807) is 0 Å². The minimum absolute atomic E-state index is 0.704. The van der Waals surface area contributed by atoms with Crippen molar-refractivity contribution in [2.24, 2.45) is 0 Å². The van der Waals surface area contributed by atoms with Crippen LogP contribution in [0, 0.1) is 0 Å². The molecule has 59 heavy (non-hydrogen) atoms. The predicted octanol–water partition coefficient (Wildman–Crippen LogP) is -11.8. The van der Waals surface area contributed by atoms with Crippen molar-refractivity contribution in [2.45, 2.75) is 160 Å². The normalized spacial score (nSPS) is 51.0. The Morgan fingerprint density at radius 3 is 1.24 bits per heavy atom. The SMILES string of the molecule is CC(=O)N[C@H]1C(O)O[C@H](CO)[C@@H](O[C@@H]2O[C@H](CO)[C@@H](O)[C@H](O[C@H]3O[C@H](CO)[C@@H](O)[C@H](O)[C@@H]3O[C@H]3O[C@H](CO)[C@@H](O)[C@H](O)[C@@H]3O[C@H]3O[C@H](CO)[C@@H](O)[C@H](O)[C@@H]3O)[C@@H]2O)[C@@H]1O. The van der Waals surface area contributed by atoms with Crippen LogP contribution in [0.15, 0.2) is 0 Å². The van der Waals surface area contributed by atoms with Crippen LogP contribution in [0.4, 0.5) is 0 Å². The van der Waals surface area contributed by atoms with E-state index >= 15 is 0 Å². The van der Waals surface area contributed by atoms with Crippen molar-refractivity contribution >= 4 is 5.91 Å². The van der Waals surface area contributed by atoms with Crippen molar-refractivity contribution < 1.29 is 129 Å². The lowest BCUT2D eigenvalue weighted by atomic mass is 9.95. The minimum Gasteiger partial charge on any atom is -0.394 e. The van der Waals surface area contributed by atoms with Gasteiger partial charge in [-0.1, -0.05) is 0 Å². The van der Waals surface area contributed by atoms with Crippen LogP contribution in [0.5, 0.6) is 0 Å². The molecule has 0 spiro atoms. The maximum atomic E-state index is 11.7. The third-order valence-corrected chi connectivity index (χ3v) is 10.7. The van der Waals surface area contributed by atoms with Gasteiger partial charge in [0.2, 0.25) is 5.91 Å². The second kappa shape index (κ2) is 20.8. The molecule has 0 aromatic heterocycles. The van der Waals surface area contributed by atoms with Crippen molar-refractivity contribution in [1.29, 1.82) is 0 Å². The third kappa shape index (κ3) is 10.2. The zero-order valence-electron chi connectivity index (χ0n) is 31.2. The van der Waals surface area contributed by atoms with Crippen molar-refractivity contribution in [3.8, 4) is 0 Å². The summed E-state index contributed by atoms with van der Waals surface area (Å²) in [5, 5.41) is 171. The molecule has 27 heteroatoms. The average Bonchev–Trinajstić information content (AvgIpc) is 3.21. The van der Waals surface area contributed by atoms with Gasteiger partial charge in [0.25, 0.3) is 0 Å². The summed E-state index contributed by atoms with van der Waals surface area (Å²) < 4.78 is 50.6. The van der Waals surface area contributed by atoms with Crippen LogP contribution >= 0.6 is 0 Å². The molecule has 5 aliphatic heterocycles. The van der Waals surface area contributed by atoms with Crippen molar-refractivity contribution in [3.63, 3.8) is 0 Å². The van der Waals surface area contributed by atoms with E-state index in [0.29, 0.717) is 0 Å². The van der Waals surface area contributed by atoms with Gasteiger partial charge in [-0.05, 0) is 0 Å². The van der Waals surface area contributed by atoms with Crippen LogP contribution in [0.1, 0.15) is 6.92 Å². The van der Waals surface area contributed by atoms with Gasteiger partial charge in [0, 0.05) is 6.92 Å². The highest BCUT2D eigenvalue weighted by Gasteiger charge is 2.57. The zero-order chi connectivity index (χ0) is 43.6. The molecule has 5 heterocycles. The third-order valence-electron chi connectivity index (χ3n) is 10.7. The Hall–Kier alpha value is -1.53. The molecule has 0 aliphatic carbocycles. The lowest BCUT2D eigenvalue weighted by molar-refractivity contribution is -0.406. The first-order chi connectivity index (χ1) is 27.9. The maximum absolute atomic E-state index is 11.7. The zero-order valence-corrected chi connectivity index (χ0v) is 31.2. The number of amides is 1. The molecule has 1 amide bonds. The molecule has 344 valence electrons. The Morgan fingerprint density at radius 2 is 0.780 bits per heavy atom. The maximum Gasteiger partial charge on any atom is 0.217 e. The van der Waals surface area contributed by atoms with Crippen LogP contribution in [0.2, 0.25) is 0 Å². The average molecular weight is 870 g/mol. The van der Waals surface area contributed by atoms with E-state index in [1.807, 2.05) is 0 Å². The van der Waals surface area contributed by atoms with Crippen LogP contribution in [0.25, 0.3) is 0 Å². The van der Waals surface area contributed by atoms with E-state index in [-0.39, 0.29) is 0 Å². The van der Waals surface area contributed by atoms with Gasteiger partial charge in [0.15, 0.2) is 31.5 Å². The van der Waals surface area contributed by atoms with Crippen molar-refractivity contribution in [3.05, 3.63) is 0 Å². The highest BCUT2D eigenvalue weighted by Crippen LogP contribution is 2.36. The van der Waals surface area contributed by atoms with E-state index in [2.05, 4.69) is 5.32 Å². The summed E-state index contributed by atoms with van der Waals surface area (Å²) in [6.45, 7) is -3.61. The fourth-order valence-corrected chi connectivity index (χ4v) is 7.39. The minimum atomic E-state index is -2.16. The number of hydrogen-bond donors (Lipinski definition) is 17. The van der Waals surface area contributed by atoms with Crippen LogP contribution in [0.3, 0.4) is 0 Å². The first-order valence-electron chi connectivity index (χ1n) is 18.6. The quantitative estimate of drug-likeness (QED) is 0.0770. The highest BCUT2D eigenvalue weighted by molar-refractivity contribution is 5.73. The number of rotatable bonds is 14. The number of ether oxygens (including phenoxy) is 9. The lowest BCUT2D eigenvalue weighted by Crippen LogP contribution is -2.69. The summed E-state index contributed by atoms with van der Waals surface area (Å²) in [4.78, 5) is 11.7. The summed E-state index contributed by atoms with van der Waals surface area (Å²) in [7, 11) is 0. The Kier molecular flexibility index (Phi) is 17.1. The molecule has 5 rings (SSSR count). The van der Waals surface area contributed by atoms with Gasteiger partial charge < -0.3 is 130 Å². The molecule has 0 aromatic carbocycles. The topological polar surface area (TPSA) is 436 Å². The van der Waals surface area contributed by atoms with E-state index in [4.69, 9.17) is 42.6 Å². The first kappa shape index (κ1) is 48.5. The molecule has 0 radical (unpaired) electrons. The molecule has 1 unspecified atom stereocenters. The Bertz CT molecular complexity index is 1320. The van der Waals surface area contributed by atoms with E-state index in [9.17, 15) is 86.5 Å². The van der Waals surface area contributed by atoms with Gasteiger partial charge in [0.1, 0.15) is 122 Å². The molecular weight excluding hydrogens is 814 g/mol. The molecule has 5 fully saturated rings. The van der Waals surface area contributed by atoms with Gasteiger partial charge in [-0.3, -0.25) is 4.79 Å². The Labute approximate surface area is 333 Å². The largest absolute Gasteiger partial charge is 0.394 e. The predicted molar refractivity (Wildman–Crippen MR) is 178 cm³/mol. The molecular formula is C32H55NO26. The van der Waals surface area contributed by atoms with Gasteiger partial charge in [-0.15, -0.1) is 0 Å². The highest BCUT2D eigenvalue weighted by atomic mass is 16.8. The van der Waals surface area contributed by atoms with Gasteiger partial charge >= 0.3 is 0 Å². The fourth-order valence-electron chi connectivity index (χ4n) is 7.39. The smallest absolute Gasteiger partial charge is 0.217 e. The number of hydrogen-bond acceptors (Lipinski definition) is 26. The van der Waals surface area contributed by atoms with Crippen molar-refractivity contribution in [2.75, 3.05) is 33.0 Å². The fraction of sp³-hybridized carbons (Fsp3) is 0.969. The van der Waals surface area contributed by atoms with Gasteiger partial charge in [-0.2, -0.15) is 0 Å². The summed E-state index contributed by atoms with van der Waals surface area (Å²) >= 11 is 0. The van der Waals surface area contributed by atoms with E-state index in [0.717, 1.165) is 6.92 Å². The number of aliphatic hydroxyl groups is 16. The van der Waals surface area contributed by atoms with Gasteiger partial charge in [0.05, 0.1) is 33.0 Å². The standard InChI is InChI=1S/C32H55NO26/c1-7(39)33-13-18(44)24(12(6-38)51-28(13)50)56-30-23(49)25(17(43)11(5-37)53-30)57-31-27(21(47)16(42)9(3-35)54-31)59-32-26(20(46)15(41)10(4-36)55-32)58-29-22(48)19(45)14(40)8(2-34)52-29/h8-32,34-38,40-50H,2-6H2,1H3,(H,33,39)/t8-,9-,10-,11-,12-,13-,14-,15-,16-,17-,18-,19+,20+,21+,22+,23+,24-,25+,26+,27+,28?,29-,30+,31-,32-/m1/s1. The second-order valence-corrected chi connectivity index (χ2v) is 14.7. The molecule has 0 saturated carbocycles. The van der Waals surface area contributed by atoms with Gasteiger partial charge in [-0.25, -0.2) is 0 Å². The van der Waals surface area contributed by atoms with Crippen LogP contribution < -0.4 is 5.32 Å². The Morgan fingerprint density at radius 1 is 0.407 bits per heavy atom.